The van der Waals surface area contributed by atoms with E-state index < -0.39 is 0 Å². The van der Waals surface area contributed by atoms with Crippen LogP contribution in [0.2, 0.25) is 0 Å². The fraction of sp³-hybridized carbons (Fsp3) is 0.364. The number of carbonyl (C=O) groups is 1. The Bertz CT molecular complexity index is 944. The Balaban J connectivity index is 1.63. The smallest absolute Gasteiger partial charge is 0.256 e. The summed E-state index contributed by atoms with van der Waals surface area (Å²) >= 11 is 0. The summed E-state index contributed by atoms with van der Waals surface area (Å²) in [5, 5.41) is 7.68. The second kappa shape index (κ2) is 8.02. The van der Waals surface area contributed by atoms with Crippen molar-refractivity contribution in [3.8, 4) is 11.5 Å². The Morgan fingerprint density at radius 1 is 1.25 bits per heavy atom. The van der Waals surface area contributed by atoms with Crippen LogP contribution >= 0.6 is 0 Å². The summed E-state index contributed by atoms with van der Waals surface area (Å²) < 4.78 is 3.77. The molecule has 4 rings (SSSR count). The van der Waals surface area contributed by atoms with Crippen LogP contribution in [0, 0.1) is 6.92 Å². The molecular formula is C22H27N5O. The number of hydrogen-bond donors (Lipinski definition) is 1. The van der Waals surface area contributed by atoms with Gasteiger partial charge in [0.15, 0.2) is 5.82 Å². The van der Waals surface area contributed by atoms with Crippen molar-refractivity contribution in [2.45, 2.75) is 32.7 Å². The van der Waals surface area contributed by atoms with Crippen molar-refractivity contribution in [1.82, 2.24) is 24.6 Å². The molecule has 1 amide bonds. The summed E-state index contributed by atoms with van der Waals surface area (Å²) in [6.45, 7) is 7.05. The van der Waals surface area contributed by atoms with Gasteiger partial charge in [0, 0.05) is 25.0 Å². The molecule has 3 heterocycles. The zero-order chi connectivity index (χ0) is 19.5. The molecule has 6 nitrogen and oxygen atoms in total. The molecule has 1 atom stereocenters. The summed E-state index contributed by atoms with van der Waals surface area (Å²) in [5.41, 5.74) is 2.67. The van der Waals surface area contributed by atoms with Gasteiger partial charge in [0.1, 0.15) is 5.56 Å². The first-order chi connectivity index (χ1) is 13.7. The van der Waals surface area contributed by atoms with Gasteiger partial charge in [-0.05, 0) is 62.7 Å². The van der Waals surface area contributed by atoms with Crippen molar-refractivity contribution < 1.29 is 4.79 Å². The summed E-state index contributed by atoms with van der Waals surface area (Å²) in [6.07, 6.45) is 7.89. The lowest BCUT2D eigenvalue weighted by Gasteiger charge is -2.22. The monoisotopic (exact) mass is 377 g/mol. The molecule has 0 aliphatic carbocycles. The van der Waals surface area contributed by atoms with E-state index in [1.807, 2.05) is 45.9 Å². The number of likely N-dealkylation sites (N-methyl/N-ethyl adjacent to an activating group) is 1. The molecule has 146 valence electrons. The molecule has 28 heavy (non-hydrogen) atoms. The molecule has 6 heteroatoms. The Morgan fingerprint density at radius 2 is 2.07 bits per heavy atom. The minimum absolute atomic E-state index is 0.0782. The highest BCUT2D eigenvalue weighted by atomic mass is 16.1. The van der Waals surface area contributed by atoms with E-state index >= 15 is 0 Å². The van der Waals surface area contributed by atoms with Crippen LogP contribution in [0.5, 0.6) is 0 Å². The van der Waals surface area contributed by atoms with Crippen molar-refractivity contribution in [1.29, 1.82) is 0 Å². The third-order valence-electron chi connectivity index (χ3n) is 5.49. The lowest BCUT2D eigenvalue weighted by molar-refractivity contribution is 0.0941. The number of nitrogens with zero attached hydrogens (tertiary/aromatic N) is 4. The number of aromatic nitrogens is 3. The fourth-order valence-electron chi connectivity index (χ4n) is 4.02. The predicted octanol–water partition coefficient (Wildman–Crippen LogP) is 3.19. The topological polar surface area (TPSA) is 55.1 Å². The molecule has 1 saturated heterocycles. The maximum Gasteiger partial charge on any atom is 0.256 e. The van der Waals surface area contributed by atoms with E-state index in [4.69, 9.17) is 0 Å². The molecule has 1 aliphatic heterocycles. The van der Waals surface area contributed by atoms with Crippen molar-refractivity contribution in [2.75, 3.05) is 19.6 Å². The second-order valence-corrected chi connectivity index (χ2v) is 7.36. The molecule has 1 fully saturated rings. The van der Waals surface area contributed by atoms with Crippen LogP contribution in [-0.2, 0) is 0 Å². The second-order valence-electron chi connectivity index (χ2n) is 7.36. The predicted molar refractivity (Wildman–Crippen MR) is 110 cm³/mol. The highest BCUT2D eigenvalue weighted by Gasteiger charge is 2.25. The molecule has 0 radical (unpaired) electrons. The summed E-state index contributed by atoms with van der Waals surface area (Å²) in [7, 11) is 0. The number of benzene rings is 1. The maximum absolute atomic E-state index is 13.0. The van der Waals surface area contributed by atoms with Gasteiger partial charge in [0.2, 0.25) is 0 Å². The van der Waals surface area contributed by atoms with Crippen LogP contribution in [-0.4, -0.2) is 50.8 Å². The normalized spacial score (nSPS) is 17.1. The van der Waals surface area contributed by atoms with Gasteiger partial charge in [-0.15, -0.1) is 0 Å². The van der Waals surface area contributed by atoms with Gasteiger partial charge < -0.3 is 9.88 Å². The number of likely N-dealkylation sites (tertiary alicyclic amines) is 1. The van der Waals surface area contributed by atoms with Gasteiger partial charge in [-0.2, -0.15) is 5.10 Å². The van der Waals surface area contributed by atoms with E-state index in [-0.39, 0.29) is 5.91 Å². The van der Waals surface area contributed by atoms with Crippen molar-refractivity contribution >= 4 is 5.91 Å². The number of rotatable bonds is 6. The zero-order valence-electron chi connectivity index (χ0n) is 16.5. The van der Waals surface area contributed by atoms with Gasteiger partial charge >= 0.3 is 0 Å². The molecule has 1 N–H and O–H groups in total. The van der Waals surface area contributed by atoms with Crippen molar-refractivity contribution in [3.63, 3.8) is 0 Å². The first-order valence-corrected chi connectivity index (χ1v) is 9.98. The van der Waals surface area contributed by atoms with E-state index in [9.17, 15) is 4.79 Å². The SMILES string of the molecule is CCN1CCC[C@@H]1CNC(=O)c1cnn(-c2cccc(C)c2)c1-n1cccc1. The molecule has 0 spiro atoms. The number of aryl methyl sites for hydroxylation is 1. The van der Waals surface area contributed by atoms with Gasteiger partial charge in [0.05, 0.1) is 11.9 Å². The van der Waals surface area contributed by atoms with Crippen LogP contribution in [0.15, 0.2) is 55.0 Å². The minimum Gasteiger partial charge on any atom is -0.350 e. The first-order valence-electron chi connectivity index (χ1n) is 9.98. The molecule has 3 aromatic rings. The van der Waals surface area contributed by atoms with E-state index in [2.05, 4.69) is 41.3 Å². The lowest BCUT2D eigenvalue weighted by Crippen LogP contribution is -2.40. The molecule has 0 saturated carbocycles. The van der Waals surface area contributed by atoms with Gasteiger partial charge in [0.25, 0.3) is 5.91 Å². The average Bonchev–Trinajstić information content (AvgIpc) is 3.45. The highest BCUT2D eigenvalue weighted by molar-refractivity contribution is 5.97. The molecule has 2 aromatic heterocycles. The minimum atomic E-state index is -0.0782. The Morgan fingerprint density at radius 3 is 2.82 bits per heavy atom. The van der Waals surface area contributed by atoms with Crippen LogP contribution in [0.25, 0.3) is 11.5 Å². The van der Waals surface area contributed by atoms with Gasteiger partial charge in [-0.1, -0.05) is 19.1 Å². The summed E-state index contributed by atoms with van der Waals surface area (Å²) in [6, 6.07) is 12.5. The third-order valence-corrected chi connectivity index (χ3v) is 5.49. The van der Waals surface area contributed by atoms with E-state index in [0.29, 0.717) is 18.2 Å². The maximum atomic E-state index is 13.0. The summed E-state index contributed by atoms with van der Waals surface area (Å²) in [4.78, 5) is 15.5. The molecule has 1 aromatic carbocycles. The van der Waals surface area contributed by atoms with E-state index in [1.165, 1.54) is 6.42 Å². The standard InChI is InChI=1S/C22H27N5O/c1-3-25-13-7-10-19(25)15-23-21(28)20-16-24-27(18-9-6-8-17(2)14-18)22(20)26-11-4-5-12-26/h4-6,8-9,11-12,14,16,19H,3,7,10,13,15H2,1-2H3,(H,23,28)/t19-/m1/s1. The van der Waals surface area contributed by atoms with Crippen molar-refractivity contribution in [2.24, 2.45) is 0 Å². The molecule has 0 bridgehead atoms. The van der Waals surface area contributed by atoms with Crippen LogP contribution < -0.4 is 5.32 Å². The van der Waals surface area contributed by atoms with Crippen LogP contribution in [0.1, 0.15) is 35.7 Å². The lowest BCUT2D eigenvalue weighted by atomic mass is 10.2. The third kappa shape index (κ3) is 3.60. The number of carbonyl (C=O) groups excluding carboxylic acids is 1. The Kier molecular flexibility index (Phi) is 5.30. The number of amides is 1. The van der Waals surface area contributed by atoms with Crippen molar-refractivity contribution in [3.05, 3.63) is 66.1 Å². The van der Waals surface area contributed by atoms with Crippen LogP contribution in [0.3, 0.4) is 0 Å². The Hall–Kier alpha value is -2.86. The van der Waals surface area contributed by atoms with Crippen LogP contribution in [0.4, 0.5) is 0 Å². The zero-order valence-corrected chi connectivity index (χ0v) is 16.5. The van der Waals surface area contributed by atoms with E-state index in [1.54, 1.807) is 6.20 Å². The average molecular weight is 377 g/mol. The highest BCUT2D eigenvalue weighted by Crippen LogP contribution is 2.21. The molecular weight excluding hydrogens is 350 g/mol. The molecule has 0 unspecified atom stereocenters. The molecule has 1 aliphatic rings. The number of hydrogen-bond acceptors (Lipinski definition) is 3. The Labute approximate surface area is 165 Å². The largest absolute Gasteiger partial charge is 0.350 e. The first kappa shape index (κ1) is 18.5. The summed E-state index contributed by atoms with van der Waals surface area (Å²) in [5.74, 6) is 0.678. The number of nitrogens with one attached hydrogen (secondary N) is 1. The van der Waals surface area contributed by atoms with Gasteiger partial charge in [-0.25, -0.2) is 4.68 Å². The van der Waals surface area contributed by atoms with E-state index in [0.717, 1.165) is 36.6 Å². The van der Waals surface area contributed by atoms with Gasteiger partial charge in [-0.3, -0.25) is 9.69 Å². The quantitative estimate of drug-likeness (QED) is 0.718. The fourth-order valence-corrected chi connectivity index (χ4v) is 4.02.